The highest BCUT2D eigenvalue weighted by Crippen LogP contribution is 2.43. The van der Waals surface area contributed by atoms with E-state index < -0.39 is 0 Å². The number of carbonyl (C=O) groups excluding carboxylic acids is 1. The Morgan fingerprint density at radius 3 is 2.60 bits per heavy atom. The molecule has 0 aliphatic carbocycles. The predicted octanol–water partition coefficient (Wildman–Crippen LogP) is 4.48. The van der Waals surface area contributed by atoms with E-state index in [9.17, 15) is 4.79 Å². The van der Waals surface area contributed by atoms with E-state index in [0.717, 1.165) is 36.4 Å². The highest BCUT2D eigenvalue weighted by Gasteiger charge is 2.38. The Morgan fingerprint density at radius 1 is 1.20 bits per heavy atom. The Labute approximate surface area is 178 Å². The van der Waals surface area contributed by atoms with Crippen molar-refractivity contribution in [2.45, 2.75) is 39.3 Å². The number of anilines is 2. The van der Waals surface area contributed by atoms with E-state index in [1.165, 1.54) is 11.1 Å². The van der Waals surface area contributed by atoms with E-state index in [1.54, 1.807) is 6.92 Å². The minimum atomic E-state index is 0.0702. The van der Waals surface area contributed by atoms with E-state index in [0.29, 0.717) is 5.56 Å². The van der Waals surface area contributed by atoms with E-state index >= 15 is 0 Å². The molecule has 154 valence electrons. The zero-order valence-corrected chi connectivity index (χ0v) is 17.8. The van der Waals surface area contributed by atoms with Crippen LogP contribution in [0.2, 0.25) is 0 Å². The van der Waals surface area contributed by atoms with Gasteiger partial charge >= 0.3 is 0 Å². The van der Waals surface area contributed by atoms with Crippen LogP contribution in [-0.2, 0) is 4.79 Å². The van der Waals surface area contributed by atoms with Crippen LogP contribution in [0.5, 0.6) is 0 Å². The third kappa shape index (κ3) is 3.71. The molecule has 5 nitrogen and oxygen atoms in total. The molecule has 0 bridgehead atoms. The average Bonchev–Trinajstić information content (AvgIpc) is 2.77. The molecule has 1 amide bonds. The lowest BCUT2D eigenvalue weighted by atomic mass is 9.81. The van der Waals surface area contributed by atoms with Gasteiger partial charge in [-0.25, -0.2) is 0 Å². The van der Waals surface area contributed by atoms with Gasteiger partial charge in [0.15, 0.2) is 0 Å². The number of fused-ring (bicyclic) bond motifs is 1. The molecular weight excluding hydrogens is 372 g/mol. The molecular formula is C25H28N4O. The van der Waals surface area contributed by atoms with Crippen LogP contribution >= 0.6 is 0 Å². The fourth-order valence-corrected chi connectivity index (χ4v) is 4.61. The van der Waals surface area contributed by atoms with Gasteiger partial charge in [-0.15, -0.1) is 0 Å². The minimum Gasteiger partial charge on any atom is -0.378 e. The van der Waals surface area contributed by atoms with Gasteiger partial charge in [0.1, 0.15) is 0 Å². The van der Waals surface area contributed by atoms with Gasteiger partial charge in [0.25, 0.3) is 0 Å². The molecule has 2 aliphatic heterocycles. The third-order valence-corrected chi connectivity index (χ3v) is 6.43. The van der Waals surface area contributed by atoms with Gasteiger partial charge in [-0.3, -0.25) is 4.79 Å². The lowest BCUT2D eigenvalue weighted by Crippen LogP contribution is -2.48. The molecule has 0 spiro atoms. The Hall–Kier alpha value is -3.10. The molecule has 30 heavy (non-hydrogen) atoms. The second-order valence-electron chi connectivity index (χ2n) is 8.26. The second kappa shape index (κ2) is 8.33. The lowest BCUT2D eigenvalue weighted by Gasteiger charge is -2.44. The molecule has 0 fully saturated rings. The maximum atomic E-state index is 12.5. The molecule has 2 aromatic carbocycles. The van der Waals surface area contributed by atoms with Gasteiger partial charge in [-0.1, -0.05) is 19.1 Å². The van der Waals surface area contributed by atoms with Crippen LogP contribution < -0.4 is 15.5 Å². The Balaban J connectivity index is 1.77. The van der Waals surface area contributed by atoms with Crippen molar-refractivity contribution in [2.24, 2.45) is 5.92 Å². The highest BCUT2D eigenvalue weighted by molar-refractivity contribution is 5.94. The Morgan fingerprint density at radius 2 is 1.97 bits per heavy atom. The van der Waals surface area contributed by atoms with Gasteiger partial charge in [-0.05, 0) is 73.0 Å². The predicted molar refractivity (Wildman–Crippen MR) is 121 cm³/mol. The van der Waals surface area contributed by atoms with Crippen molar-refractivity contribution in [3.05, 3.63) is 65.2 Å². The van der Waals surface area contributed by atoms with Crippen LogP contribution in [0.4, 0.5) is 11.4 Å². The number of rotatable bonds is 3. The number of hydrogen-bond donors (Lipinski definition) is 2. The smallest absolute Gasteiger partial charge is 0.224 e. The Bertz CT molecular complexity index is 1020. The van der Waals surface area contributed by atoms with E-state index in [1.807, 2.05) is 29.2 Å². The summed E-state index contributed by atoms with van der Waals surface area (Å²) < 4.78 is 0. The summed E-state index contributed by atoms with van der Waals surface area (Å²) in [6.45, 7) is 7.84. The van der Waals surface area contributed by atoms with Crippen molar-refractivity contribution < 1.29 is 4.79 Å². The van der Waals surface area contributed by atoms with Gasteiger partial charge in [-0.2, -0.15) is 5.26 Å². The van der Waals surface area contributed by atoms with E-state index in [4.69, 9.17) is 5.26 Å². The summed E-state index contributed by atoms with van der Waals surface area (Å²) in [4.78, 5) is 14.4. The number of carbonyl (C=O) groups is 1. The highest BCUT2D eigenvalue weighted by atomic mass is 16.2. The largest absolute Gasteiger partial charge is 0.378 e. The summed E-state index contributed by atoms with van der Waals surface area (Å²) in [6, 6.07) is 16.4. The van der Waals surface area contributed by atoms with Crippen LogP contribution in [0.1, 0.15) is 49.9 Å². The zero-order valence-electron chi connectivity index (χ0n) is 17.8. The molecule has 0 saturated heterocycles. The summed E-state index contributed by atoms with van der Waals surface area (Å²) in [5.41, 5.74) is 6.34. The number of amides is 1. The van der Waals surface area contributed by atoms with Crippen molar-refractivity contribution in [3.8, 4) is 6.07 Å². The van der Waals surface area contributed by atoms with Crippen molar-refractivity contribution in [1.82, 2.24) is 5.32 Å². The summed E-state index contributed by atoms with van der Waals surface area (Å²) in [5, 5.41) is 16.1. The summed E-state index contributed by atoms with van der Waals surface area (Å²) in [6.07, 6.45) is 3.26. The van der Waals surface area contributed by atoms with Crippen LogP contribution in [0.25, 0.3) is 5.57 Å². The molecule has 0 saturated carbocycles. The number of nitriles is 1. The first-order chi connectivity index (χ1) is 14.5. The monoisotopic (exact) mass is 400 g/mol. The maximum absolute atomic E-state index is 12.5. The summed E-state index contributed by atoms with van der Waals surface area (Å²) in [5.74, 6) is 0.288. The van der Waals surface area contributed by atoms with Gasteiger partial charge in [0, 0.05) is 36.8 Å². The molecule has 0 unspecified atom stereocenters. The zero-order chi connectivity index (χ0) is 21.3. The van der Waals surface area contributed by atoms with Crippen molar-refractivity contribution >= 4 is 22.9 Å². The van der Waals surface area contributed by atoms with Crippen molar-refractivity contribution in [1.29, 1.82) is 5.26 Å². The normalized spacial score (nSPS) is 23.2. The molecule has 4 rings (SSSR count). The van der Waals surface area contributed by atoms with Gasteiger partial charge in [0.05, 0.1) is 17.7 Å². The lowest BCUT2D eigenvalue weighted by molar-refractivity contribution is -0.117. The minimum absolute atomic E-state index is 0.0702. The standard InChI is InChI=1S/C25H28N4O/c1-16-17(2)29(18(3)30)24-9-6-21(20-10-12-27-13-11-20)14-23(24)25(16)28-22-7-4-19(15-26)5-8-22/h4-10,14,16-17,25,27-28H,11-13H2,1-3H3/t16-,17-,25+/m0/s1. The fourth-order valence-electron chi connectivity index (χ4n) is 4.61. The van der Waals surface area contributed by atoms with Crippen LogP contribution in [0, 0.1) is 17.2 Å². The van der Waals surface area contributed by atoms with Crippen LogP contribution in [0.3, 0.4) is 0 Å². The third-order valence-electron chi connectivity index (χ3n) is 6.43. The van der Waals surface area contributed by atoms with Crippen LogP contribution in [-0.4, -0.2) is 25.0 Å². The Kier molecular flexibility index (Phi) is 5.61. The van der Waals surface area contributed by atoms with Gasteiger partial charge in [0.2, 0.25) is 5.91 Å². The summed E-state index contributed by atoms with van der Waals surface area (Å²) >= 11 is 0. The first-order valence-corrected chi connectivity index (χ1v) is 10.6. The van der Waals surface area contributed by atoms with Crippen molar-refractivity contribution in [3.63, 3.8) is 0 Å². The second-order valence-corrected chi connectivity index (χ2v) is 8.26. The quantitative estimate of drug-likeness (QED) is 0.797. The molecule has 2 N–H and O–H groups in total. The van der Waals surface area contributed by atoms with E-state index in [2.05, 4.69) is 54.8 Å². The maximum Gasteiger partial charge on any atom is 0.224 e. The van der Waals surface area contributed by atoms with Crippen molar-refractivity contribution in [2.75, 3.05) is 23.3 Å². The number of nitrogens with one attached hydrogen (secondary N) is 2. The van der Waals surface area contributed by atoms with Crippen LogP contribution in [0.15, 0.2) is 48.5 Å². The van der Waals surface area contributed by atoms with Gasteiger partial charge < -0.3 is 15.5 Å². The molecule has 3 atom stereocenters. The molecule has 2 aliphatic rings. The topological polar surface area (TPSA) is 68.2 Å². The van der Waals surface area contributed by atoms with E-state index in [-0.39, 0.29) is 23.9 Å². The summed E-state index contributed by atoms with van der Waals surface area (Å²) in [7, 11) is 0. The SMILES string of the molecule is CC(=O)N1c2ccc(C3=CCNCC3)cc2[C@H](Nc2ccc(C#N)cc2)[C@@H](C)[C@@H]1C. The molecule has 5 heteroatoms. The molecule has 2 heterocycles. The molecule has 2 aromatic rings. The molecule has 0 aromatic heterocycles. The first-order valence-electron chi connectivity index (χ1n) is 10.6. The first kappa shape index (κ1) is 20.2. The number of hydrogen-bond acceptors (Lipinski definition) is 4. The number of nitrogens with zero attached hydrogens (tertiary/aromatic N) is 2. The fraction of sp³-hybridized carbons (Fsp3) is 0.360. The average molecular weight is 401 g/mol. The number of benzene rings is 2. The molecule has 0 radical (unpaired) electrons.